The standard InChI is InChI=1S/C12H16N4O2S/c1-4-10-11(16(17)18)12(15(3)14-10)13-5-9-7-19-6-8(9)2/h6-7,13H,4-5H2,1-3H3. The van der Waals surface area contributed by atoms with Crippen LogP contribution in [-0.2, 0) is 20.0 Å². The van der Waals surface area contributed by atoms with Gasteiger partial charge in [-0.15, -0.1) is 0 Å². The van der Waals surface area contributed by atoms with Crippen LogP contribution in [-0.4, -0.2) is 14.7 Å². The average Bonchev–Trinajstić information content (AvgIpc) is 2.90. The van der Waals surface area contributed by atoms with Gasteiger partial charge in [0.1, 0.15) is 5.69 Å². The zero-order valence-corrected chi connectivity index (χ0v) is 12.0. The molecular weight excluding hydrogens is 264 g/mol. The molecule has 0 saturated heterocycles. The Morgan fingerprint density at radius 2 is 2.26 bits per heavy atom. The topological polar surface area (TPSA) is 73.0 Å². The molecule has 0 atom stereocenters. The van der Waals surface area contributed by atoms with Gasteiger partial charge in [-0.05, 0) is 35.2 Å². The molecule has 0 radical (unpaired) electrons. The number of nitrogens with one attached hydrogen (secondary N) is 1. The van der Waals surface area contributed by atoms with Crippen molar-refractivity contribution in [3.8, 4) is 0 Å². The maximum Gasteiger partial charge on any atom is 0.333 e. The summed E-state index contributed by atoms with van der Waals surface area (Å²) >= 11 is 1.63. The fourth-order valence-corrected chi connectivity index (χ4v) is 2.80. The SMILES string of the molecule is CCc1nn(C)c(NCc2cscc2C)c1[N+](=O)[O-]. The van der Waals surface area contributed by atoms with Crippen LogP contribution in [0.3, 0.4) is 0 Å². The number of thiophene rings is 1. The Bertz CT molecular complexity index is 603. The second-order valence-electron chi connectivity index (χ2n) is 4.31. The van der Waals surface area contributed by atoms with Crippen molar-refractivity contribution in [1.29, 1.82) is 0 Å². The zero-order chi connectivity index (χ0) is 14.0. The lowest BCUT2D eigenvalue weighted by Gasteiger charge is -2.05. The van der Waals surface area contributed by atoms with E-state index < -0.39 is 0 Å². The second-order valence-corrected chi connectivity index (χ2v) is 5.06. The van der Waals surface area contributed by atoms with Crippen molar-refractivity contribution in [2.75, 3.05) is 5.32 Å². The average molecular weight is 280 g/mol. The Kier molecular flexibility index (Phi) is 3.84. The lowest BCUT2D eigenvalue weighted by molar-refractivity contribution is -0.384. The molecule has 7 heteroatoms. The lowest BCUT2D eigenvalue weighted by atomic mass is 10.2. The predicted octanol–water partition coefficient (Wildman–Crippen LogP) is 2.87. The Balaban J connectivity index is 2.27. The summed E-state index contributed by atoms with van der Waals surface area (Å²) in [7, 11) is 1.72. The first-order chi connectivity index (χ1) is 9.04. The summed E-state index contributed by atoms with van der Waals surface area (Å²) in [5.74, 6) is 0.465. The molecule has 0 spiro atoms. The fraction of sp³-hybridized carbons (Fsp3) is 0.417. The minimum absolute atomic E-state index is 0.0814. The molecule has 2 aromatic heterocycles. The minimum atomic E-state index is -0.366. The third kappa shape index (κ3) is 2.60. The van der Waals surface area contributed by atoms with Gasteiger partial charge in [-0.3, -0.25) is 10.1 Å². The van der Waals surface area contributed by atoms with E-state index in [-0.39, 0.29) is 10.6 Å². The molecular formula is C12H16N4O2S. The van der Waals surface area contributed by atoms with Crippen molar-refractivity contribution in [3.63, 3.8) is 0 Å². The highest BCUT2D eigenvalue weighted by molar-refractivity contribution is 7.08. The van der Waals surface area contributed by atoms with Gasteiger partial charge in [0.15, 0.2) is 0 Å². The molecule has 0 bridgehead atoms. The zero-order valence-electron chi connectivity index (χ0n) is 11.1. The summed E-state index contributed by atoms with van der Waals surface area (Å²) in [6.45, 7) is 4.46. The van der Waals surface area contributed by atoms with Crippen molar-refractivity contribution in [2.45, 2.75) is 26.8 Å². The summed E-state index contributed by atoms with van der Waals surface area (Å²) in [6, 6.07) is 0. The Morgan fingerprint density at radius 3 is 2.79 bits per heavy atom. The van der Waals surface area contributed by atoms with Gasteiger partial charge >= 0.3 is 5.69 Å². The van der Waals surface area contributed by atoms with Gasteiger partial charge in [-0.1, -0.05) is 6.92 Å². The molecule has 0 unspecified atom stereocenters. The molecule has 0 aliphatic heterocycles. The molecule has 102 valence electrons. The first kappa shape index (κ1) is 13.5. The Labute approximate surface area is 115 Å². The molecule has 19 heavy (non-hydrogen) atoms. The molecule has 2 rings (SSSR count). The summed E-state index contributed by atoms with van der Waals surface area (Å²) in [4.78, 5) is 10.8. The molecule has 2 heterocycles. The van der Waals surface area contributed by atoms with Crippen LogP contribution in [0.15, 0.2) is 10.8 Å². The van der Waals surface area contributed by atoms with Crippen molar-refractivity contribution >= 4 is 22.8 Å². The van der Waals surface area contributed by atoms with Gasteiger partial charge in [-0.2, -0.15) is 16.4 Å². The number of rotatable bonds is 5. The smallest absolute Gasteiger partial charge is 0.333 e. The number of hydrogen-bond donors (Lipinski definition) is 1. The number of anilines is 1. The maximum atomic E-state index is 11.2. The van der Waals surface area contributed by atoms with E-state index in [1.165, 1.54) is 5.56 Å². The quantitative estimate of drug-likeness (QED) is 0.675. The fourth-order valence-electron chi connectivity index (χ4n) is 1.94. The number of hydrogen-bond acceptors (Lipinski definition) is 5. The van der Waals surface area contributed by atoms with E-state index in [1.54, 1.807) is 23.1 Å². The molecule has 0 aliphatic rings. The van der Waals surface area contributed by atoms with Crippen LogP contribution in [0.25, 0.3) is 0 Å². The van der Waals surface area contributed by atoms with E-state index in [1.807, 2.05) is 19.2 Å². The largest absolute Gasteiger partial charge is 0.360 e. The summed E-state index contributed by atoms with van der Waals surface area (Å²) in [5.41, 5.74) is 2.94. The van der Waals surface area contributed by atoms with Crippen molar-refractivity contribution in [1.82, 2.24) is 9.78 Å². The Hall–Kier alpha value is -1.89. The molecule has 1 N–H and O–H groups in total. The van der Waals surface area contributed by atoms with Crippen LogP contribution >= 0.6 is 11.3 Å². The van der Waals surface area contributed by atoms with Crippen LogP contribution in [0.4, 0.5) is 11.5 Å². The van der Waals surface area contributed by atoms with Crippen LogP contribution in [0.1, 0.15) is 23.7 Å². The monoisotopic (exact) mass is 280 g/mol. The van der Waals surface area contributed by atoms with Gasteiger partial charge in [0, 0.05) is 13.6 Å². The van der Waals surface area contributed by atoms with Crippen LogP contribution in [0.5, 0.6) is 0 Å². The minimum Gasteiger partial charge on any atom is -0.360 e. The van der Waals surface area contributed by atoms with Gasteiger partial charge in [0.05, 0.1) is 4.92 Å². The summed E-state index contributed by atoms with van der Waals surface area (Å²) < 4.78 is 1.54. The first-order valence-corrected chi connectivity index (χ1v) is 6.94. The number of aromatic nitrogens is 2. The van der Waals surface area contributed by atoms with Gasteiger partial charge in [0.25, 0.3) is 0 Å². The van der Waals surface area contributed by atoms with E-state index in [9.17, 15) is 10.1 Å². The third-order valence-corrected chi connectivity index (χ3v) is 3.93. The number of nitro groups is 1. The first-order valence-electron chi connectivity index (χ1n) is 6.00. The van der Waals surface area contributed by atoms with Crippen LogP contribution < -0.4 is 5.32 Å². The lowest BCUT2D eigenvalue weighted by Crippen LogP contribution is -2.06. The van der Waals surface area contributed by atoms with Crippen LogP contribution in [0, 0.1) is 17.0 Å². The van der Waals surface area contributed by atoms with E-state index in [2.05, 4.69) is 15.8 Å². The second kappa shape index (κ2) is 5.40. The number of aryl methyl sites for hydroxylation is 3. The summed E-state index contributed by atoms with van der Waals surface area (Å²) in [6.07, 6.45) is 0.545. The predicted molar refractivity (Wildman–Crippen MR) is 75.6 cm³/mol. The van der Waals surface area contributed by atoms with Gasteiger partial charge in [0.2, 0.25) is 5.82 Å². The molecule has 0 aliphatic carbocycles. The molecule has 0 fully saturated rings. The van der Waals surface area contributed by atoms with Crippen molar-refractivity contribution in [2.24, 2.45) is 7.05 Å². The molecule has 0 amide bonds. The van der Waals surface area contributed by atoms with E-state index in [0.717, 1.165) is 5.56 Å². The Morgan fingerprint density at radius 1 is 1.53 bits per heavy atom. The molecule has 0 saturated carbocycles. The van der Waals surface area contributed by atoms with E-state index in [4.69, 9.17) is 0 Å². The maximum absolute atomic E-state index is 11.2. The number of nitrogens with zero attached hydrogens (tertiary/aromatic N) is 3. The van der Waals surface area contributed by atoms with Crippen molar-refractivity contribution < 1.29 is 4.92 Å². The molecule has 0 aromatic carbocycles. The van der Waals surface area contributed by atoms with Crippen LogP contribution in [0.2, 0.25) is 0 Å². The molecule has 6 nitrogen and oxygen atoms in total. The van der Waals surface area contributed by atoms with E-state index >= 15 is 0 Å². The van der Waals surface area contributed by atoms with Crippen molar-refractivity contribution in [3.05, 3.63) is 37.7 Å². The summed E-state index contributed by atoms with van der Waals surface area (Å²) in [5, 5.41) is 22.6. The van der Waals surface area contributed by atoms with E-state index in [0.29, 0.717) is 24.5 Å². The van der Waals surface area contributed by atoms with Gasteiger partial charge < -0.3 is 5.32 Å². The highest BCUT2D eigenvalue weighted by Gasteiger charge is 2.25. The molecule has 2 aromatic rings. The van der Waals surface area contributed by atoms with Gasteiger partial charge in [-0.25, -0.2) is 4.68 Å². The highest BCUT2D eigenvalue weighted by Crippen LogP contribution is 2.29. The normalized spacial score (nSPS) is 10.7. The highest BCUT2D eigenvalue weighted by atomic mass is 32.1. The third-order valence-electron chi connectivity index (χ3n) is 3.02.